The zero-order chi connectivity index (χ0) is 24.1. The largest absolute Gasteiger partial charge is 0.476 e. The number of likely N-dealkylation sites (tertiary alicyclic amines) is 1. The first-order valence-electron chi connectivity index (χ1n) is 12.0. The second kappa shape index (κ2) is 11.8. The number of carbonyl (C=O) groups is 2. The first kappa shape index (κ1) is 26.2. The van der Waals surface area contributed by atoms with Gasteiger partial charge in [0.15, 0.2) is 5.69 Å². The number of aromatic nitrogens is 2. The summed E-state index contributed by atoms with van der Waals surface area (Å²) in [6.45, 7) is 6.24. The number of carboxylic acid groups (broad SMARTS) is 1. The molecule has 1 aliphatic carbocycles. The second-order valence-electron chi connectivity index (χ2n) is 8.77. The van der Waals surface area contributed by atoms with Gasteiger partial charge in [-0.3, -0.25) is 0 Å². The molecule has 1 aliphatic heterocycles. The molecule has 186 valence electrons. The van der Waals surface area contributed by atoms with Crippen molar-refractivity contribution in [2.75, 3.05) is 13.1 Å². The Kier molecular flexibility index (Phi) is 8.82. The molecule has 2 aromatic carbocycles. The van der Waals surface area contributed by atoms with Crippen LogP contribution in [0.25, 0.3) is 11.1 Å². The fourth-order valence-corrected chi connectivity index (χ4v) is 5.07. The summed E-state index contributed by atoms with van der Waals surface area (Å²) in [4.78, 5) is 25.5. The number of amides is 1. The molecule has 2 aliphatic rings. The SMILES string of the molecule is C.CC.O=C(O)c1ccn(C(=O)N2CC3CC(NCc4cccc(-c5ccccc5)c4)CC3C2)n1. The van der Waals surface area contributed by atoms with Gasteiger partial charge < -0.3 is 15.3 Å². The number of nitrogens with zero attached hydrogens (tertiary/aromatic N) is 3. The van der Waals surface area contributed by atoms with Crippen molar-refractivity contribution in [1.29, 1.82) is 0 Å². The minimum atomic E-state index is -1.13. The quantitative estimate of drug-likeness (QED) is 0.516. The molecule has 2 N–H and O–H groups in total. The van der Waals surface area contributed by atoms with Crippen LogP contribution in [0, 0.1) is 11.8 Å². The summed E-state index contributed by atoms with van der Waals surface area (Å²) >= 11 is 0. The van der Waals surface area contributed by atoms with Crippen LogP contribution in [0.2, 0.25) is 0 Å². The number of hydrogen-bond acceptors (Lipinski definition) is 4. The Morgan fingerprint density at radius 1 is 0.971 bits per heavy atom. The van der Waals surface area contributed by atoms with Crippen LogP contribution in [-0.2, 0) is 6.54 Å². The highest BCUT2D eigenvalue weighted by Crippen LogP contribution is 2.38. The monoisotopic (exact) mass is 476 g/mol. The third kappa shape index (κ3) is 5.98. The summed E-state index contributed by atoms with van der Waals surface area (Å²) in [6, 6.07) is 20.6. The van der Waals surface area contributed by atoms with Gasteiger partial charge in [-0.15, -0.1) is 0 Å². The number of fused-ring (bicyclic) bond motifs is 1. The lowest BCUT2D eigenvalue weighted by molar-refractivity contribution is 0.0690. The molecule has 1 amide bonds. The molecule has 0 spiro atoms. The first-order chi connectivity index (χ1) is 16.6. The molecular weight excluding hydrogens is 440 g/mol. The van der Waals surface area contributed by atoms with Crippen molar-refractivity contribution < 1.29 is 14.7 Å². The summed E-state index contributed by atoms with van der Waals surface area (Å²) in [5.41, 5.74) is 3.61. The van der Waals surface area contributed by atoms with E-state index in [1.165, 1.54) is 29.0 Å². The number of hydrogen-bond donors (Lipinski definition) is 2. The van der Waals surface area contributed by atoms with Crippen molar-refractivity contribution in [1.82, 2.24) is 20.0 Å². The normalized spacial score (nSPS) is 20.4. The van der Waals surface area contributed by atoms with E-state index < -0.39 is 5.97 Å². The highest BCUT2D eigenvalue weighted by molar-refractivity contribution is 5.86. The molecule has 2 atom stereocenters. The number of carbonyl (C=O) groups excluding carboxylic acids is 1. The maximum Gasteiger partial charge on any atom is 0.356 e. The van der Waals surface area contributed by atoms with Crippen molar-refractivity contribution in [3.05, 3.63) is 78.1 Å². The fourth-order valence-electron chi connectivity index (χ4n) is 5.07. The van der Waals surface area contributed by atoms with E-state index in [-0.39, 0.29) is 19.2 Å². The van der Waals surface area contributed by atoms with E-state index in [1.54, 1.807) is 4.90 Å². The van der Waals surface area contributed by atoms with Crippen molar-refractivity contribution in [3.63, 3.8) is 0 Å². The lowest BCUT2D eigenvalue weighted by atomic mass is 10.0. The number of rotatable bonds is 5. The van der Waals surface area contributed by atoms with E-state index in [0.717, 1.165) is 24.1 Å². The molecule has 2 heterocycles. The highest BCUT2D eigenvalue weighted by Gasteiger charge is 2.42. The van der Waals surface area contributed by atoms with Gasteiger partial charge in [-0.2, -0.15) is 9.78 Å². The van der Waals surface area contributed by atoms with Gasteiger partial charge in [0, 0.05) is 31.9 Å². The van der Waals surface area contributed by atoms with Crippen LogP contribution in [0.15, 0.2) is 66.9 Å². The highest BCUT2D eigenvalue weighted by atomic mass is 16.4. The molecule has 1 saturated carbocycles. The number of aromatic carboxylic acids is 1. The molecule has 0 radical (unpaired) electrons. The summed E-state index contributed by atoms with van der Waals surface area (Å²) in [6.07, 6.45) is 3.52. The first-order valence-corrected chi connectivity index (χ1v) is 12.0. The minimum Gasteiger partial charge on any atom is -0.476 e. The van der Waals surface area contributed by atoms with Gasteiger partial charge in [-0.1, -0.05) is 69.8 Å². The van der Waals surface area contributed by atoms with E-state index in [0.29, 0.717) is 31.0 Å². The zero-order valence-corrected chi connectivity index (χ0v) is 19.7. The maximum absolute atomic E-state index is 12.7. The van der Waals surface area contributed by atoms with Gasteiger partial charge in [0.1, 0.15) is 0 Å². The minimum absolute atomic E-state index is 0. The van der Waals surface area contributed by atoms with Crippen LogP contribution in [0.1, 0.15) is 50.2 Å². The molecule has 7 nitrogen and oxygen atoms in total. The van der Waals surface area contributed by atoms with Gasteiger partial charge >= 0.3 is 12.0 Å². The van der Waals surface area contributed by atoms with Gasteiger partial charge in [0.25, 0.3) is 0 Å². The van der Waals surface area contributed by atoms with Crippen LogP contribution in [-0.4, -0.2) is 50.9 Å². The molecule has 1 aromatic heterocycles. The second-order valence-corrected chi connectivity index (χ2v) is 8.77. The Morgan fingerprint density at radius 3 is 2.26 bits per heavy atom. The van der Waals surface area contributed by atoms with E-state index in [1.807, 2.05) is 19.9 Å². The summed E-state index contributed by atoms with van der Waals surface area (Å²) in [5, 5.41) is 16.6. The van der Waals surface area contributed by atoms with E-state index in [2.05, 4.69) is 58.9 Å². The Balaban J connectivity index is 0.00000111. The molecule has 1 saturated heterocycles. The van der Waals surface area contributed by atoms with E-state index in [4.69, 9.17) is 5.11 Å². The molecule has 0 bridgehead atoms. The average Bonchev–Trinajstić information content (AvgIpc) is 3.60. The summed E-state index contributed by atoms with van der Waals surface area (Å²) in [5.74, 6) is -0.179. The molecule has 2 unspecified atom stereocenters. The Morgan fingerprint density at radius 2 is 1.63 bits per heavy atom. The zero-order valence-electron chi connectivity index (χ0n) is 19.7. The summed E-state index contributed by atoms with van der Waals surface area (Å²) < 4.78 is 1.14. The van der Waals surface area contributed by atoms with Crippen molar-refractivity contribution in [2.24, 2.45) is 11.8 Å². The fraction of sp³-hybridized carbons (Fsp3) is 0.393. The van der Waals surface area contributed by atoms with Crippen LogP contribution in [0.4, 0.5) is 4.79 Å². The third-order valence-electron chi connectivity index (χ3n) is 6.65. The van der Waals surface area contributed by atoms with Gasteiger partial charge in [0.05, 0.1) is 0 Å². The lowest BCUT2D eigenvalue weighted by Gasteiger charge is -2.19. The van der Waals surface area contributed by atoms with Crippen molar-refractivity contribution in [2.45, 2.75) is 46.7 Å². The molecule has 3 aromatic rings. The summed E-state index contributed by atoms with van der Waals surface area (Å²) in [7, 11) is 0. The number of carboxylic acids is 1. The Labute approximate surface area is 207 Å². The topological polar surface area (TPSA) is 87.5 Å². The van der Waals surface area contributed by atoms with Gasteiger partial charge in [0.2, 0.25) is 0 Å². The Bertz CT molecular complexity index is 1110. The van der Waals surface area contributed by atoms with Crippen LogP contribution in [0.3, 0.4) is 0 Å². The number of nitrogens with one attached hydrogen (secondary N) is 1. The van der Waals surface area contributed by atoms with Gasteiger partial charge in [-0.25, -0.2) is 9.59 Å². The van der Waals surface area contributed by atoms with Gasteiger partial charge in [-0.05, 0) is 53.5 Å². The molecule has 35 heavy (non-hydrogen) atoms. The van der Waals surface area contributed by atoms with Crippen LogP contribution in [0.5, 0.6) is 0 Å². The molecule has 7 heteroatoms. The third-order valence-corrected chi connectivity index (χ3v) is 6.65. The lowest BCUT2D eigenvalue weighted by Crippen LogP contribution is -2.35. The van der Waals surface area contributed by atoms with E-state index >= 15 is 0 Å². The maximum atomic E-state index is 12.7. The van der Waals surface area contributed by atoms with Crippen molar-refractivity contribution >= 4 is 12.0 Å². The predicted octanol–water partition coefficient (Wildman–Crippen LogP) is 5.38. The predicted molar refractivity (Wildman–Crippen MR) is 138 cm³/mol. The Hall–Kier alpha value is -3.45. The number of benzene rings is 2. The van der Waals surface area contributed by atoms with E-state index in [9.17, 15) is 9.59 Å². The smallest absolute Gasteiger partial charge is 0.356 e. The average molecular weight is 477 g/mol. The standard InChI is InChI=1S/C25H26N4O3.C2H6.CH4/c30-24(31)23-9-10-29(27-23)25(32)28-15-20-12-22(13-21(20)16-28)26-14-17-5-4-8-19(11-17)18-6-2-1-3-7-18;1-2;/h1-11,20-22,26H,12-16H2,(H,30,31);1-2H3;1H4. The van der Waals surface area contributed by atoms with Crippen LogP contribution < -0.4 is 5.32 Å². The molecular formula is C28H36N4O3. The molecule has 5 rings (SSSR count). The molecule has 2 fully saturated rings. The van der Waals surface area contributed by atoms with Crippen LogP contribution >= 0.6 is 0 Å². The van der Waals surface area contributed by atoms with Crippen molar-refractivity contribution in [3.8, 4) is 11.1 Å².